The predicted molar refractivity (Wildman–Crippen MR) is 55.1 cm³/mol. The quantitative estimate of drug-likeness (QED) is 0.690. The molecule has 0 aliphatic carbocycles. The van der Waals surface area contributed by atoms with E-state index < -0.39 is 0 Å². The maximum Gasteiger partial charge on any atom is 0.146 e. The Labute approximate surface area is 83.8 Å². The van der Waals surface area contributed by atoms with Crippen molar-refractivity contribution in [3.63, 3.8) is 0 Å². The Morgan fingerprint density at radius 2 is 2.00 bits per heavy atom. The van der Waals surface area contributed by atoms with Gasteiger partial charge in [0.2, 0.25) is 0 Å². The van der Waals surface area contributed by atoms with Gasteiger partial charge in [0.1, 0.15) is 6.79 Å². The first-order valence-corrected chi connectivity index (χ1v) is 4.79. The van der Waals surface area contributed by atoms with E-state index in [0.717, 1.165) is 18.9 Å². The number of hydrogen-bond donors (Lipinski definition) is 1. The largest absolute Gasteiger partial charge is 0.399 e. The van der Waals surface area contributed by atoms with Gasteiger partial charge in [0.15, 0.2) is 0 Å². The van der Waals surface area contributed by atoms with Crippen LogP contribution < -0.4 is 5.73 Å². The topological polar surface area (TPSA) is 44.5 Å². The van der Waals surface area contributed by atoms with E-state index in [1.165, 1.54) is 11.1 Å². The highest BCUT2D eigenvalue weighted by Crippen LogP contribution is 2.24. The zero-order chi connectivity index (χ0) is 9.97. The molecule has 0 amide bonds. The molecular weight excluding hydrogens is 178 g/mol. The number of benzene rings is 1. The molecule has 3 nitrogen and oxygen atoms in total. The van der Waals surface area contributed by atoms with Crippen LogP contribution in [-0.2, 0) is 9.47 Å². The van der Waals surface area contributed by atoms with Gasteiger partial charge in [-0.15, -0.1) is 0 Å². The lowest BCUT2D eigenvalue weighted by atomic mass is 9.95. The third kappa shape index (κ3) is 1.89. The van der Waals surface area contributed by atoms with Crippen molar-refractivity contribution >= 4 is 5.69 Å². The van der Waals surface area contributed by atoms with Crippen molar-refractivity contribution in [2.45, 2.75) is 12.8 Å². The highest BCUT2D eigenvalue weighted by atomic mass is 16.7. The number of nitrogens with two attached hydrogens (primary N) is 1. The summed E-state index contributed by atoms with van der Waals surface area (Å²) in [5.41, 5.74) is 8.99. The Hall–Kier alpha value is -1.06. The molecule has 1 aliphatic heterocycles. The van der Waals surface area contributed by atoms with Gasteiger partial charge in [0.05, 0.1) is 13.2 Å². The molecule has 0 radical (unpaired) electrons. The number of nitrogen functional groups attached to an aromatic ring is 1. The number of anilines is 1. The molecular formula is C11H15NO2. The molecule has 1 saturated heterocycles. The average Bonchev–Trinajstić information content (AvgIpc) is 2.19. The lowest BCUT2D eigenvalue weighted by Gasteiger charge is -2.24. The van der Waals surface area contributed by atoms with Crippen LogP contribution >= 0.6 is 0 Å². The Morgan fingerprint density at radius 1 is 1.29 bits per heavy atom. The van der Waals surface area contributed by atoms with E-state index in [9.17, 15) is 0 Å². The highest BCUT2D eigenvalue weighted by Gasteiger charge is 2.17. The van der Waals surface area contributed by atoms with E-state index in [-0.39, 0.29) is 0 Å². The van der Waals surface area contributed by atoms with Crippen LogP contribution in [0.2, 0.25) is 0 Å². The first-order valence-electron chi connectivity index (χ1n) is 4.79. The molecule has 1 aliphatic rings. The Bertz CT molecular complexity index is 319. The van der Waals surface area contributed by atoms with E-state index in [1.807, 2.05) is 12.1 Å². The highest BCUT2D eigenvalue weighted by molar-refractivity contribution is 5.45. The molecule has 3 heteroatoms. The van der Waals surface area contributed by atoms with Crippen molar-refractivity contribution in [3.8, 4) is 0 Å². The summed E-state index contributed by atoms with van der Waals surface area (Å²) in [4.78, 5) is 0. The molecule has 0 saturated carbocycles. The minimum absolute atomic E-state index is 0.351. The van der Waals surface area contributed by atoms with Gasteiger partial charge in [0.25, 0.3) is 0 Å². The third-order valence-electron chi connectivity index (χ3n) is 2.54. The van der Waals surface area contributed by atoms with Crippen LogP contribution in [0.3, 0.4) is 0 Å². The Morgan fingerprint density at radius 3 is 2.64 bits per heavy atom. The summed E-state index contributed by atoms with van der Waals surface area (Å²) in [6, 6.07) is 5.98. The van der Waals surface area contributed by atoms with E-state index >= 15 is 0 Å². The lowest BCUT2D eigenvalue weighted by molar-refractivity contribution is -0.108. The molecule has 0 atom stereocenters. The summed E-state index contributed by atoms with van der Waals surface area (Å²) >= 11 is 0. The van der Waals surface area contributed by atoms with Crippen LogP contribution in [0.25, 0.3) is 0 Å². The Balaban J connectivity index is 2.22. The molecule has 0 spiro atoms. The van der Waals surface area contributed by atoms with E-state index in [2.05, 4.69) is 13.0 Å². The summed E-state index contributed by atoms with van der Waals surface area (Å²) < 4.78 is 10.5. The molecule has 1 heterocycles. The van der Waals surface area contributed by atoms with Crippen LogP contribution in [0.15, 0.2) is 18.2 Å². The molecule has 0 bridgehead atoms. The number of aryl methyl sites for hydroxylation is 1. The van der Waals surface area contributed by atoms with Crippen LogP contribution in [0.5, 0.6) is 0 Å². The maximum atomic E-state index is 5.69. The standard InChI is InChI=1S/C11H15NO2/c1-8-4-10(12)2-3-11(8)9-5-13-7-14-6-9/h2-4,9H,5-7,12H2,1H3. The van der Waals surface area contributed by atoms with Crippen molar-refractivity contribution in [2.75, 3.05) is 25.7 Å². The van der Waals surface area contributed by atoms with Crippen molar-refractivity contribution < 1.29 is 9.47 Å². The van der Waals surface area contributed by atoms with Crippen molar-refractivity contribution in [3.05, 3.63) is 29.3 Å². The van der Waals surface area contributed by atoms with Gasteiger partial charge in [0, 0.05) is 11.6 Å². The van der Waals surface area contributed by atoms with Gasteiger partial charge >= 0.3 is 0 Å². The monoisotopic (exact) mass is 193 g/mol. The van der Waals surface area contributed by atoms with E-state index in [4.69, 9.17) is 15.2 Å². The average molecular weight is 193 g/mol. The van der Waals surface area contributed by atoms with Gasteiger partial charge < -0.3 is 15.2 Å². The van der Waals surface area contributed by atoms with Crippen LogP contribution in [0.1, 0.15) is 17.0 Å². The minimum atomic E-state index is 0.351. The number of ether oxygens (including phenoxy) is 2. The predicted octanol–water partition coefficient (Wildman–Crippen LogP) is 1.67. The van der Waals surface area contributed by atoms with Gasteiger partial charge in [-0.2, -0.15) is 0 Å². The SMILES string of the molecule is Cc1cc(N)ccc1C1COCOC1. The van der Waals surface area contributed by atoms with E-state index in [1.54, 1.807) is 0 Å². The number of rotatable bonds is 1. The molecule has 1 fully saturated rings. The summed E-state index contributed by atoms with van der Waals surface area (Å²) in [6.07, 6.45) is 0. The van der Waals surface area contributed by atoms with E-state index in [0.29, 0.717) is 12.7 Å². The molecule has 0 unspecified atom stereocenters. The minimum Gasteiger partial charge on any atom is -0.399 e. The zero-order valence-corrected chi connectivity index (χ0v) is 8.32. The molecule has 2 rings (SSSR count). The molecule has 1 aromatic carbocycles. The fourth-order valence-electron chi connectivity index (χ4n) is 1.82. The zero-order valence-electron chi connectivity index (χ0n) is 8.32. The normalized spacial score (nSPS) is 18.4. The molecule has 76 valence electrons. The summed E-state index contributed by atoms with van der Waals surface area (Å²) in [6.45, 7) is 3.97. The molecule has 1 aromatic rings. The Kier molecular flexibility index (Phi) is 2.70. The van der Waals surface area contributed by atoms with Crippen molar-refractivity contribution in [1.82, 2.24) is 0 Å². The van der Waals surface area contributed by atoms with Gasteiger partial charge in [-0.05, 0) is 30.2 Å². The second-order valence-electron chi connectivity index (χ2n) is 3.67. The molecule has 0 aromatic heterocycles. The lowest BCUT2D eigenvalue weighted by Crippen LogP contribution is -2.22. The van der Waals surface area contributed by atoms with Crippen LogP contribution in [0.4, 0.5) is 5.69 Å². The molecule has 14 heavy (non-hydrogen) atoms. The molecule has 2 N–H and O–H groups in total. The fourth-order valence-corrected chi connectivity index (χ4v) is 1.82. The second kappa shape index (κ2) is 3.98. The van der Waals surface area contributed by atoms with Gasteiger partial charge in [-0.3, -0.25) is 0 Å². The van der Waals surface area contributed by atoms with Crippen LogP contribution in [0, 0.1) is 6.92 Å². The number of hydrogen-bond acceptors (Lipinski definition) is 3. The third-order valence-corrected chi connectivity index (χ3v) is 2.54. The summed E-state index contributed by atoms with van der Waals surface area (Å²) in [5.74, 6) is 0.351. The van der Waals surface area contributed by atoms with Crippen molar-refractivity contribution in [2.24, 2.45) is 0 Å². The van der Waals surface area contributed by atoms with Crippen molar-refractivity contribution in [1.29, 1.82) is 0 Å². The maximum absolute atomic E-state index is 5.69. The smallest absolute Gasteiger partial charge is 0.146 e. The van der Waals surface area contributed by atoms with Gasteiger partial charge in [-0.1, -0.05) is 6.07 Å². The second-order valence-corrected chi connectivity index (χ2v) is 3.67. The van der Waals surface area contributed by atoms with Crippen LogP contribution in [-0.4, -0.2) is 20.0 Å². The van der Waals surface area contributed by atoms with Gasteiger partial charge in [-0.25, -0.2) is 0 Å². The first-order chi connectivity index (χ1) is 6.77. The fraction of sp³-hybridized carbons (Fsp3) is 0.455. The first kappa shape index (κ1) is 9.49. The summed E-state index contributed by atoms with van der Waals surface area (Å²) in [5, 5.41) is 0. The summed E-state index contributed by atoms with van der Waals surface area (Å²) in [7, 11) is 0.